The lowest BCUT2D eigenvalue weighted by Gasteiger charge is -2.05. The summed E-state index contributed by atoms with van der Waals surface area (Å²) in [7, 11) is 0. The average molecular weight is 308 g/mol. The molecule has 0 aliphatic rings. The molecule has 5 heteroatoms. The van der Waals surface area contributed by atoms with Gasteiger partial charge in [-0.2, -0.15) is 0 Å². The molecule has 3 nitrogen and oxygen atoms in total. The van der Waals surface area contributed by atoms with E-state index in [1.807, 2.05) is 0 Å². The number of hydrogen-bond acceptors (Lipinski definition) is 4. The minimum Gasteiger partial charge on any atom is -0.309 e. The second-order valence-electron chi connectivity index (χ2n) is 4.88. The van der Waals surface area contributed by atoms with Gasteiger partial charge in [0.25, 0.3) is 0 Å². The van der Waals surface area contributed by atoms with E-state index in [1.165, 1.54) is 4.88 Å². The summed E-state index contributed by atoms with van der Waals surface area (Å²) in [5.74, 6) is 1.07. The third-order valence-electron chi connectivity index (χ3n) is 2.88. The quantitative estimate of drug-likeness (QED) is 0.492. The molecular formula is C15H18ClN3S. The zero-order chi connectivity index (χ0) is 14.7. The summed E-state index contributed by atoms with van der Waals surface area (Å²) in [6.07, 6.45) is 1.80. The third-order valence-corrected chi connectivity index (χ3v) is 4.50. The topological polar surface area (TPSA) is 37.8 Å². The van der Waals surface area contributed by atoms with Crippen LogP contribution in [0.15, 0.2) is 25.3 Å². The number of rotatable bonds is 6. The SMILES string of the molecule is C=CCNCC(=C)c1nc(Cl)c2cc(C(C)C)sc2n1. The molecule has 20 heavy (non-hydrogen) atoms. The predicted molar refractivity (Wildman–Crippen MR) is 88.6 cm³/mol. The van der Waals surface area contributed by atoms with E-state index in [4.69, 9.17) is 11.6 Å². The Hall–Kier alpha value is -1.23. The van der Waals surface area contributed by atoms with Gasteiger partial charge in [0.15, 0.2) is 5.82 Å². The first-order valence-electron chi connectivity index (χ1n) is 6.49. The van der Waals surface area contributed by atoms with Crippen molar-refractivity contribution in [2.75, 3.05) is 13.1 Å². The van der Waals surface area contributed by atoms with E-state index in [0.717, 1.165) is 22.3 Å². The summed E-state index contributed by atoms with van der Waals surface area (Å²) in [4.78, 5) is 11.1. The van der Waals surface area contributed by atoms with Crippen LogP contribution in [0.4, 0.5) is 0 Å². The highest BCUT2D eigenvalue weighted by Crippen LogP contribution is 2.33. The van der Waals surface area contributed by atoms with E-state index >= 15 is 0 Å². The normalized spacial score (nSPS) is 11.2. The molecule has 0 saturated heterocycles. The first kappa shape index (κ1) is 15.2. The van der Waals surface area contributed by atoms with E-state index in [-0.39, 0.29) is 0 Å². The van der Waals surface area contributed by atoms with Gasteiger partial charge in [0.1, 0.15) is 9.98 Å². The van der Waals surface area contributed by atoms with Gasteiger partial charge in [-0.05, 0) is 12.0 Å². The fourth-order valence-corrected chi connectivity index (χ4v) is 3.07. The minimum atomic E-state index is 0.464. The first-order valence-corrected chi connectivity index (χ1v) is 7.69. The largest absolute Gasteiger partial charge is 0.309 e. The third kappa shape index (κ3) is 3.26. The highest BCUT2D eigenvalue weighted by atomic mass is 35.5. The van der Waals surface area contributed by atoms with E-state index < -0.39 is 0 Å². The minimum absolute atomic E-state index is 0.464. The van der Waals surface area contributed by atoms with Crippen molar-refractivity contribution in [1.82, 2.24) is 15.3 Å². The second kappa shape index (κ2) is 6.48. The van der Waals surface area contributed by atoms with Crippen LogP contribution in [0.3, 0.4) is 0 Å². The molecule has 0 radical (unpaired) electrons. The Bertz CT molecular complexity index is 646. The van der Waals surface area contributed by atoms with Crippen LogP contribution < -0.4 is 5.32 Å². The molecule has 0 aromatic carbocycles. The molecule has 0 aliphatic heterocycles. The Morgan fingerprint density at radius 2 is 2.25 bits per heavy atom. The summed E-state index contributed by atoms with van der Waals surface area (Å²) < 4.78 is 0. The molecule has 0 atom stereocenters. The number of thiophene rings is 1. The van der Waals surface area contributed by atoms with Gasteiger partial charge in [-0.1, -0.05) is 38.1 Å². The molecule has 0 bridgehead atoms. The van der Waals surface area contributed by atoms with E-state index in [9.17, 15) is 0 Å². The van der Waals surface area contributed by atoms with Crippen LogP contribution in [0.5, 0.6) is 0 Å². The molecule has 0 saturated carbocycles. The molecule has 106 valence electrons. The number of hydrogen-bond donors (Lipinski definition) is 1. The van der Waals surface area contributed by atoms with Gasteiger partial charge in [0.2, 0.25) is 0 Å². The number of halogens is 1. The standard InChI is InChI=1S/C15H18ClN3S/c1-5-6-17-8-10(4)14-18-13(16)11-7-12(9(2)3)20-15(11)19-14/h5,7,9,17H,1,4,6,8H2,2-3H3. The van der Waals surface area contributed by atoms with Crippen molar-refractivity contribution >= 4 is 38.7 Å². The lowest BCUT2D eigenvalue weighted by Crippen LogP contribution is -2.16. The lowest BCUT2D eigenvalue weighted by molar-refractivity contribution is 0.848. The Labute approximate surface area is 128 Å². The summed E-state index contributed by atoms with van der Waals surface area (Å²) in [6.45, 7) is 13.3. The Morgan fingerprint density at radius 1 is 1.50 bits per heavy atom. The maximum absolute atomic E-state index is 6.26. The van der Waals surface area contributed by atoms with Crippen LogP contribution in [-0.4, -0.2) is 23.1 Å². The molecule has 1 N–H and O–H groups in total. The molecule has 2 aromatic heterocycles. The van der Waals surface area contributed by atoms with Crippen LogP contribution in [0.2, 0.25) is 5.15 Å². The van der Waals surface area contributed by atoms with Crippen LogP contribution in [0.1, 0.15) is 30.5 Å². The molecule has 0 amide bonds. The van der Waals surface area contributed by atoms with Crippen LogP contribution >= 0.6 is 22.9 Å². The van der Waals surface area contributed by atoms with Gasteiger partial charge in [0.05, 0.1) is 0 Å². The zero-order valence-electron chi connectivity index (χ0n) is 11.7. The molecule has 0 aliphatic carbocycles. The maximum atomic E-state index is 6.26. The highest BCUT2D eigenvalue weighted by molar-refractivity contribution is 7.18. The van der Waals surface area contributed by atoms with Crippen molar-refractivity contribution < 1.29 is 0 Å². The molecule has 0 unspecified atom stereocenters. The van der Waals surface area contributed by atoms with E-state index in [2.05, 4.69) is 48.4 Å². The molecule has 0 fully saturated rings. The number of nitrogens with one attached hydrogen (secondary N) is 1. The van der Waals surface area contributed by atoms with Crippen molar-refractivity contribution in [3.05, 3.63) is 41.2 Å². The fraction of sp³-hybridized carbons (Fsp3) is 0.333. The summed E-state index contributed by atoms with van der Waals surface area (Å²) in [6, 6.07) is 2.08. The molecule has 2 rings (SSSR count). The Kier molecular flexibility index (Phi) is 4.91. The summed E-state index contributed by atoms with van der Waals surface area (Å²) in [5.41, 5.74) is 0.829. The molecular weight excluding hydrogens is 290 g/mol. The Balaban J connectivity index is 2.31. The molecule has 2 aromatic rings. The van der Waals surface area contributed by atoms with Crippen molar-refractivity contribution in [3.8, 4) is 0 Å². The van der Waals surface area contributed by atoms with Crippen molar-refractivity contribution in [2.45, 2.75) is 19.8 Å². The summed E-state index contributed by atoms with van der Waals surface area (Å²) in [5, 5.41) is 4.61. The van der Waals surface area contributed by atoms with Crippen molar-refractivity contribution in [3.63, 3.8) is 0 Å². The van der Waals surface area contributed by atoms with Crippen molar-refractivity contribution in [2.24, 2.45) is 0 Å². The van der Waals surface area contributed by atoms with Crippen LogP contribution in [0.25, 0.3) is 15.8 Å². The van der Waals surface area contributed by atoms with Gasteiger partial charge >= 0.3 is 0 Å². The second-order valence-corrected chi connectivity index (χ2v) is 6.30. The summed E-state index contributed by atoms with van der Waals surface area (Å²) >= 11 is 7.93. The smallest absolute Gasteiger partial charge is 0.159 e. The van der Waals surface area contributed by atoms with Gasteiger partial charge < -0.3 is 5.32 Å². The van der Waals surface area contributed by atoms with Crippen LogP contribution in [-0.2, 0) is 0 Å². The van der Waals surface area contributed by atoms with Gasteiger partial charge in [-0.15, -0.1) is 17.9 Å². The van der Waals surface area contributed by atoms with Crippen molar-refractivity contribution in [1.29, 1.82) is 0 Å². The predicted octanol–water partition coefficient (Wildman–Crippen LogP) is 4.26. The van der Waals surface area contributed by atoms with Gasteiger partial charge in [0, 0.05) is 28.9 Å². The number of aromatic nitrogens is 2. The van der Waals surface area contributed by atoms with E-state index in [1.54, 1.807) is 17.4 Å². The number of fused-ring (bicyclic) bond motifs is 1. The maximum Gasteiger partial charge on any atom is 0.159 e. The molecule has 2 heterocycles. The average Bonchev–Trinajstić information content (AvgIpc) is 2.83. The monoisotopic (exact) mass is 307 g/mol. The Morgan fingerprint density at radius 3 is 2.90 bits per heavy atom. The first-order chi connectivity index (χ1) is 9.52. The number of nitrogens with zero attached hydrogens (tertiary/aromatic N) is 2. The van der Waals surface area contributed by atoms with Gasteiger partial charge in [-0.3, -0.25) is 0 Å². The molecule has 0 spiro atoms. The van der Waals surface area contributed by atoms with Gasteiger partial charge in [-0.25, -0.2) is 9.97 Å². The lowest BCUT2D eigenvalue weighted by atomic mass is 10.2. The van der Waals surface area contributed by atoms with E-state index in [0.29, 0.717) is 23.4 Å². The zero-order valence-corrected chi connectivity index (χ0v) is 13.3. The highest BCUT2D eigenvalue weighted by Gasteiger charge is 2.13. The van der Waals surface area contributed by atoms with Crippen LogP contribution in [0, 0.1) is 0 Å². The fourth-order valence-electron chi connectivity index (χ4n) is 1.75.